The molecule has 45 heavy (non-hydrogen) atoms. The summed E-state index contributed by atoms with van der Waals surface area (Å²) in [5, 5.41) is 0. The molecule has 0 radical (unpaired) electrons. The Balaban J connectivity index is 2.32. The molecule has 0 aliphatic carbocycles. The third kappa shape index (κ3) is 10.8. The van der Waals surface area contributed by atoms with Gasteiger partial charge in [-0.1, -0.05) is 121 Å². The van der Waals surface area contributed by atoms with Crippen LogP contribution in [0.4, 0.5) is 26.3 Å². The molecule has 0 heterocycles. The van der Waals surface area contributed by atoms with Crippen LogP contribution in [0.25, 0.3) is 0 Å². The van der Waals surface area contributed by atoms with Gasteiger partial charge >= 0.3 is 24.3 Å². The molecule has 0 N–H and O–H groups in total. The van der Waals surface area contributed by atoms with E-state index in [1.54, 1.807) is 0 Å². The van der Waals surface area contributed by atoms with E-state index in [1.807, 2.05) is 0 Å². The summed E-state index contributed by atoms with van der Waals surface area (Å²) in [6, 6.07) is 7.00. The van der Waals surface area contributed by atoms with Crippen LogP contribution in [0.15, 0.2) is 48.5 Å². The molecule has 2 rings (SSSR count). The molecule has 0 saturated heterocycles. The third-order valence-corrected chi connectivity index (χ3v) is 7.89. The highest BCUT2D eigenvalue weighted by Crippen LogP contribution is 2.57. The van der Waals surface area contributed by atoms with Crippen molar-refractivity contribution in [3.05, 3.63) is 70.8 Å². The van der Waals surface area contributed by atoms with Crippen molar-refractivity contribution in [1.82, 2.24) is 0 Å². The smallest absolute Gasteiger partial charge is 0.411 e. The lowest BCUT2D eigenvalue weighted by Crippen LogP contribution is -2.55. The highest BCUT2D eigenvalue weighted by atomic mass is 19.4. The van der Waals surface area contributed by atoms with Crippen molar-refractivity contribution in [2.75, 3.05) is 13.2 Å². The van der Waals surface area contributed by atoms with Crippen LogP contribution in [-0.2, 0) is 14.9 Å². The maximum absolute atomic E-state index is 14.9. The number of halogens is 6. The first-order chi connectivity index (χ1) is 21.4. The molecule has 0 saturated carbocycles. The molecule has 0 aromatic heterocycles. The Hall–Kier alpha value is -3.04. The fourth-order valence-electron chi connectivity index (χ4n) is 5.43. The minimum Gasteiger partial charge on any atom is -0.462 e. The van der Waals surface area contributed by atoms with Crippen LogP contribution < -0.4 is 0 Å². The first-order valence-corrected chi connectivity index (χ1v) is 16.1. The van der Waals surface area contributed by atoms with Crippen LogP contribution in [0, 0.1) is 0 Å². The predicted octanol–water partition coefficient (Wildman–Crippen LogP) is 10.9. The fraction of sp³-hybridized carbons (Fsp3) is 0.600. The molecule has 0 fully saturated rings. The minimum absolute atomic E-state index is 0.00601. The Bertz CT molecular complexity index is 1160. The zero-order valence-corrected chi connectivity index (χ0v) is 26.3. The number of benzene rings is 2. The van der Waals surface area contributed by atoms with E-state index in [2.05, 4.69) is 13.8 Å². The number of rotatable bonds is 20. The molecule has 252 valence electrons. The Morgan fingerprint density at radius 1 is 0.578 bits per heavy atom. The zero-order valence-electron chi connectivity index (χ0n) is 26.3. The molecule has 0 spiro atoms. The number of esters is 2. The first-order valence-electron chi connectivity index (χ1n) is 16.1. The minimum atomic E-state index is -5.94. The van der Waals surface area contributed by atoms with E-state index >= 15 is 0 Å². The summed E-state index contributed by atoms with van der Waals surface area (Å²) in [6.45, 7) is 4.06. The standard InChI is InChI=1S/C35H46F6O4/c1-3-5-7-9-11-13-17-24-44-31(42)27-20-19-21-28(26-27)33(34(36,37)38,35(39,40)41)30-23-16-15-22-29(30)32(43)45-25-18-14-12-10-8-6-4-2/h15-16,19-23,26H,3-14,17-18,24-25H2,1-2H3. The molecule has 0 amide bonds. The van der Waals surface area contributed by atoms with E-state index < -0.39 is 52.0 Å². The summed E-state index contributed by atoms with van der Waals surface area (Å²) in [6.07, 6.45) is 1.04. The van der Waals surface area contributed by atoms with Gasteiger partial charge in [0, 0.05) is 0 Å². The summed E-state index contributed by atoms with van der Waals surface area (Å²) in [7, 11) is 0. The quantitative estimate of drug-likeness (QED) is 0.0818. The molecule has 0 aliphatic rings. The van der Waals surface area contributed by atoms with Gasteiger partial charge in [0.1, 0.15) is 0 Å². The Labute approximate surface area is 262 Å². The van der Waals surface area contributed by atoms with Crippen molar-refractivity contribution < 1.29 is 45.4 Å². The van der Waals surface area contributed by atoms with Crippen LogP contribution in [0.2, 0.25) is 0 Å². The first kappa shape index (κ1) is 38.1. The van der Waals surface area contributed by atoms with Crippen molar-refractivity contribution >= 4 is 11.9 Å². The van der Waals surface area contributed by atoms with E-state index in [0.29, 0.717) is 31.0 Å². The number of carbonyl (C=O) groups is 2. The van der Waals surface area contributed by atoms with Gasteiger partial charge in [-0.15, -0.1) is 0 Å². The van der Waals surface area contributed by atoms with E-state index in [0.717, 1.165) is 101 Å². The van der Waals surface area contributed by atoms with Crippen molar-refractivity contribution in [2.45, 2.75) is 122 Å². The van der Waals surface area contributed by atoms with Gasteiger partial charge in [-0.25, -0.2) is 9.59 Å². The molecular formula is C35H46F6O4. The van der Waals surface area contributed by atoms with Gasteiger partial charge in [0.2, 0.25) is 5.41 Å². The van der Waals surface area contributed by atoms with Gasteiger partial charge in [-0.2, -0.15) is 26.3 Å². The van der Waals surface area contributed by atoms with Crippen molar-refractivity contribution in [3.63, 3.8) is 0 Å². The summed E-state index contributed by atoms with van der Waals surface area (Å²) >= 11 is 0. The van der Waals surface area contributed by atoms with Crippen LogP contribution in [0.5, 0.6) is 0 Å². The molecular weight excluding hydrogens is 598 g/mol. The average Bonchev–Trinajstić information content (AvgIpc) is 2.99. The topological polar surface area (TPSA) is 52.6 Å². The third-order valence-electron chi connectivity index (χ3n) is 7.89. The number of hydrogen-bond donors (Lipinski definition) is 0. The second-order valence-corrected chi connectivity index (χ2v) is 11.4. The van der Waals surface area contributed by atoms with Gasteiger partial charge in [-0.3, -0.25) is 0 Å². The van der Waals surface area contributed by atoms with Gasteiger partial charge in [-0.05, 0) is 42.2 Å². The zero-order chi connectivity index (χ0) is 33.3. The van der Waals surface area contributed by atoms with E-state index in [4.69, 9.17) is 9.47 Å². The van der Waals surface area contributed by atoms with E-state index in [9.17, 15) is 35.9 Å². The van der Waals surface area contributed by atoms with E-state index in [1.165, 1.54) is 6.07 Å². The molecule has 0 bridgehead atoms. The van der Waals surface area contributed by atoms with Gasteiger partial charge in [0.05, 0.1) is 24.3 Å². The van der Waals surface area contributed by atoms with E-state index in [-0.39, 0.29) is 13.2 Å². The second-order valence-electron chi connectivity index (χ2n) is 11.4. The van der Waals surface area contributed by atoms with Crippen LogP contribution in [0.1, 0.15) is 136 Å². The fourth-order valence-corrected chi connectivity index (χ4v) is 5.43. The highest BCUT2D eigenvalue weighted by molar-refractivity contribution is 5.92. The Morgan fingerprint density at radius 3 is 1.56 bits per heavy atom. The molecule has 2 aromatic rings. The lowest BCUT2D eigenvalue weighted by Gasteiger charge is -2.39. The number of ether oxygens (including phenoxy) is 2. The molecule has 0 aliphatic heterocycles. The maximum Gasteiger partial charge on any atom is 0.411 e. The second kappa shape index (κ2) is 18.8. The number of alkyl halides is 6. The summed E-state index contributed by atoms with van der Waals surface area (Å²) in [5.74, 6) is -2.30. The summed E-state index contributed by atoms with van der Waals surface area (Å²) < 4.78 is 99.8. The summed E-state index contributed by atoms with van der Waals surface area (Å²) in [5.41, 5.74) is -8.48. The summed E-state index contributed by atoms with van der Waals surface area (Å²) in [4.78, 5) is 25.7. The van der Waals surface area contributed by atoms with Gasteiger partial charge in [0.25, 0.3) is 0 Å². The number of unbranched alkanes of at least 4 members (excludes halogenated alkanes) is 12. The number of carbonyl (C=O) groups excluding carboxylic acids is 2. The monoisotopic (exact) mass is 644 g/mol. The van der Waals surface area contributed by atoms with Crippen LogP contribution in [-0.4, -0.2) is 37.5 Å². The van der Waals surface area contributed by atoms with Crippen LogP contribution >= 0.6 is 0 Å². The maximum atomic E-state index is 14.9. The van der Waals surface area contributed by atoms with Gasteiger partial charge < -0.3 is 9.47 Å². The number of hydrogen-bond acceptors (Lipinski definition) is 4. The van der Waals surface area contributed by atoms with Gasteiger partial charge in [0.15, 0.2) is 0 Å². The SMILES string of the molecule is CCCCCCCCCOC(=O)c1cccc(C(c2ccccc2C(=O)OCCCCCCCCC)(C(F)(F)F)C(F)(F)F)c1. The normalized spacial score (nSPS) is 12.3. The Morgan fingerprint density at radius 2 is 1.04 bits per heavy atom. The van der Waals surface area contributed by atoms with Crippen molar-refractivity contribution in [2.24, 2.45) is 0 Å². The lowest BCUT2D eigenvalue weighted by molar-refractivity contribution is -0.288. The molecule has 0 unspecified atom stereocenters. The largest absolute Gasteiger partial charge is 0.462 e. The lowest BCUT2D eigenvalue weighted by atomic mass is 9.71. The van der Waals surface area contributed by atoms with Crippen LogP contribution in [0.3, 0.4) is 0 Å². The van der Waals surface area contributed by atoms with Crippen molar-refractivity contribution in [3.8, 4) is 0 Å². The predicted molar refractivity (Wildman–Crippen MR) is 162 cm³/mol. The Kier molecular flexibility index (Phi) is 15.9. The molecule has 10 heteroatoms. The molecule has 4 nitrogen and oxygen atoms in total. The highest BCUT2D eigenvalue weighted by Gasteiger charge is 2.73. The molecule has 0 atom stereocenters. The van der Waals surface area contributed by atoms with Crippen molar-refractivity contribution in [1.29, 1.82) is 0 Å². The average molecular weight is 645 g/mol. The molecule has 2 aromatic carbocycles.